The Morgan fingerprint density at radius 1 is 0.857 bits per heavy atom. The average Bonchev–Trinajstić information content (AvgIpc) is 3.18. The van der Waals surface area contributed by atoms with Crippen LogP contribution in [-0.4, -0.2) is 21.1 Å². The van der Waals surface area contributed by atoms with Crippen molar-refractivity contribution >= 4 is 11.7 Å². The van der Waals surface area contributed by atoms with E-state index in [0.717, 1.165) is 22.3 Å². The molecule has 0 saturated carbocycles. The minimum absolute atomic E-state index is 0.226. The number of aromatic nitrogens is 3. The van der Waals surface area contributed by atoms with Gasteiger partial charge in [-0.15, -0.1) is 10.2 Å². The number of nitrogens with zero attached hydrogens (tertiary/aromatic N) is 3. The van der Waals surface area contributed by atoms with Crippen molar-refractivity contribution < 1.29 is 9.21 Å². The minimum atomic E-state index is -0.226. The van der Waals surface area contributed by atoms with Gasteiger partial charge in [-0.05, 0) is 67.9 Å². The maximum atomic E-state index is 12.4. The fourth-order valence-corrected chi connectivity index (χ4v) is 2.79. The second-order valence-electron chi connectivity index (χ2n) is 6.53. The summed E-state index contributed by atoms with van der Waals surface area (Å²) in [5, 5.41) is 11.0. The van der Waals surface area contributed by atoms with Crippen molar-refractivity contribution in [2.24, 2.45) is 0 Å². The second kappa shape index (κ2) is 7.44. The molecule has 28 heavy (non-hydrogen) atoms. The van der Waals surface area contributed by atoms with E-state index in [1.54, 1.807) is 30.5 Å². The van der Waals surface area contributed by atoms with E-state index in [9.17, 15) is 4.79 Å². The molecule has 0 atom stereocenters. The summed E-state index contributed by atoms with van der Waals surface area (Å²) in [6, 6.07) is 18.6. The highest BCUT2D eigenvalue weighted by atomic mass is 16.4. The largest absolute Gasteiger partial charge is 0.416 e. The molecule has 1 amide bonds. The van der Waals surface area contributed by atoms with E-state index in [2.05, 4.69) is 20.5 Å². The van der Waals surface area contributed by atoms with E-state index in [1.165, 1.54) is 0 Å². The van der Waals surface area contributed by atoms with Gasteiger partial charge >= 0.3 is 0 Å². The topological polar surface area (TPSA) is 80.9 Å². The molecule has 4 aromatic rings. The third-order valence-corrected chi connectivity index (χ3v) is 4.24. The number of aryl methyl sites for hydroxylation is 2. The highest BCUT2D eigenvalue weighted by Gasteiger charge is 2.12. The number of rotatable bonds is 4. The van der Waals surface area contributed by atoms with Crippen LogP contribution in [0.15, 0.2) is 71.3 Å². The fraction of sp³-hybridized carbons (Fsp3) is 0.0909. The zero-order chi connectivity index (χ0) is 19.5. The van der Waals surface area contributed by atoms with E-state index in [1.807, 2.05) is 50.2 Å². The van der Waals surface area contributed by atoms with Gasteiger partial charge in [0.25, 0.3) is 5.91 Å². The molecule has 0 bridgehead atoms. The number of anilines is 1. The van der Waals surface area contributed by atoms with Crippen LogP contribution < -0.4 is 5.32 Å². The predicted octanol–water partition coefficient (Wildman–Crippen LogP) is 4.67. The van der Waals surface area contributed by atoms with Gasteiger partial charge in [-0.3, -0.25) is 4.79 Å². The Bertz CT molecular complexity index is 1130. The molecule has 0 aliphatic rings. The van der Waals surface area contributed by atoms with Crippen LogP contribution in [0.2, 0.25) is 0 Å². The lowest BCUT2D eigenvalue weighted by Crippen LogP contribution is -2.12. The molecule has 0 spiro atoms. The summed E-state index contributed by atoms with van der Waals surface area (Å²) in [6.07, 6.45) is 1.66. The van der Waals surface area contributed by atoms with E-state index < -0.39 is 0 Å². The van der Waals surface area contributed by atoms with E-state index in [-0.39, 0.29) is 5.91 Å². The van der Waals surface area contributed by atoms with Gasteiger partial charge in [0.05, 0.1) is 0 Å². The Morgan fingerprint density at radius 3 is 2.29 bits per heavy atom. The molecule has 0 aliphatic carbocycles. The summed E-state index contributed by atoms with van der Waals surface area (Å²) in [5.74, 6) is 1.17. The number of carbonyl (C=O) groups is 1. The molecule has 0 unspecified atom stereocenters. The van der Waals surface area contributed by atoms with Crippen molar-refractivity contribution in [3.8, 4) is 22.9 Å². The van der Waals surface area contributed by atoms with Gasteiger partial charge in [0.1, 0.15) is 5.82 Å². The first-order valence-electron chi connectivity index (χ1n) is 8.83. The molecule has 2 aromatic heterocycles. The van der Waals surface area contributed by atoms with Gasteiger partial charge in [0.2, 0.25) is 11.8 Å². The molecule has 0 aliphatic heterocycles. The van der Waals surface area contributed by atoms with Crippen molar-refractivity contribution in [3.05, 3.63) is 83.6 Å². The molecule has 2 heterocycles. The Morgan fingerprint density at radius 2 is 1.57 bits per heavy atom. The summed E-state index contributed by atoms with van der Waals surface area (Å²) in [5.41, 5.74) is 4.29. The second-order valence-corrected chi connectivity index (χ2v) is 6.53. The molecule has 2 aromatic carbocycles. The zero-order valence-electron chi connectivity index (χ0n) is 15.5. The normalized spacial score (nSPS) is 10.6. The summed E-state index contributed by atoms with van der Waals surface area (Å²) in [4.78, 5) is 16.5. The number of nitrogens with one attached hydrogen (secondary N) is 1. The van der Waals surface area contributed by atoms with E-state index >= 15 is 0 Å². The average molecular weight is 370 g/mol. The van der Waals surface area contributed by atoms with Crippen LogP contribution in [0.1, 0.15) is 21.5 Å². The summed E-state index contributed by atoms with van der Waals surface area (Å²) >= 11 is 0. The highest BCUT2D eigenvalue weighted by molar-refractivity contribution is 6.04. The molecular weight excluding hydrogens is 352 g/mol. The smallest absolute Gasteiger partial charge is 0.256 e. The third kappa shape index (κ3) is 3.81. The predicted molar refractivity (Wildman–Crippen MR) is 107 cm³/mol. The molecule has 0 saturated heterocycles. The lowest BCUT2D eigenvalue weighted by molar-refractivity contribution is 0.102. The van der Waals surface area contributed by atoms with Crippen molar-refractivity contribution in [1.29, 1.82) is 0 Å². The van der Waals surface area contributed by atoms with Gasteiger partial charge in [-0.25, -0.2) is 4.98 Å². The monoisotopic (exact) mass is 370 g/mol. The van der Waals surface area contributed by atoms with Gasteiger partial charge in [0.15, 0.2) is 0 Å². The highest BCUT2D eigenvalue weighted by Crippen LogP contribution is 2.24. The fourth-order valence-electron chi connectivity index (χ4n) is 2.79. The Labute approximate surface area is 162 Å². The summed E-state index contributed by atoms with van der Waals surface area (Å²) < 4.78 is 5.79. The lowest BCUT2D eigenvalue weighted by atomic mass is 10.1. The molecular formula is C22H18N4O2. The Balaban J connectivity index is 1.51. The van der Waals surface area contributed by atoms with Crippen LogP contribution >= 0.6 is 0 Å². The molecule has 4 rings (SSSR count). The van der Waals surface area contributed by atoms with E-state index in [0.29, 0.717) is 23.2 Å². The Hall–Kier alpha value is -3.80. The van der Waals surface area contributed by atoms with Gasteiger partial charge in [0, 0.05) is 22.9 Å². The van der Waals surface area contributed by atoms with Crippen LogP contribution in [0.25, 0.3) is 22.9 Å². The van der Waals surface area contributed by atoms with Gasteiger partial charge in [-0.2, -0.15) is 0 Å². The quantitative estimate of drug-likeness (QED) is 0.565. The van der Waals surface area contributed by atoms with Crippen molar-refractivity contribution in [2.45, 2.75) is 13.8 Å². The van der Waals surface area contributed by atoms with Crippen LogP contribution in [0.5, 0.6) is 0 Å². The van der Waals surface area contributed by atoms with Crippen LogP contribution in [0.4, 0.5) is 5.82 Å². The molecule has 138 valence electrons. The first kappa shape index (κ1) is 17.6. The summed E-state index contributed by atoms with van der Waals surface area (Å²) in [7, 11) is 0. The molecule has 6 heteroatoms. The molecule has 0 fully saturated rings. The number of carbonyl (C=O) groups excluding carboxylic acids is 1. The van der Waals surface area contributed by atoms with Gasteiger partial charge in [-0.1, -0.05) is 17.7 Å². The Kier molecular flexibility index (Phi) is 4.68. The number of amides is 1. The first-order valence-corrected chi connectivity index (χ1v) is 8.83. The number of hydrogen-bond acceptors (Lipinski definition) is 5. The zero-order valence-corrected chi connectivity index (χ0v) is 15.5. The van der Waals surface area contributed by atoms with Gasteiger partial charge < -0.3 is 9.73 Å². The number of benzene rings is 2. The molecule has 1 N–H and O–H groups in total. The van der Waals surface area contributed by atoms with E-state index in [4.69, 9.17) is 4.42 Å². The third-order valence-electron chi connectivity index (χ3n) is 4.24. The molecule has 0 radical (unpaired) electrons. The number of hydrogen-bond donors (Lipinski definition) is 1. The van der Waals surface area contributed by atoms with Crippen LogP contribution in [0.3, 0.4) is 0 Å². The maximum absolute atomic E-state index is 12.4. The van der Waals surface area contributed by atoms with Crippen molar-refractivity contribution in [2.75, 3.05) is 5.32 Å². The molecule has 6 nitrogen and oxygen atoms in total. The van der Waals surface area contributed by atoms with Crippen molar-refractivity contribution in [3.63, 3.8) is 0 Å². The first-order chi connectivity index (χ1) is 13.6. The standard InChI is InChI=1S/C22H18N4O2/c1-14-4-3-5-18(12-14)22-26-25-21(28-22)17-8-6-16(7-9-17)20(27)24-19-13-15(2)10-11-23-19/h3-13H,1-2H3,(H,23,24,27). The summed E-state index contributed by atoms with van der Waals surface area (Å²) in [6.45, 7) is 3.96. The minimum Gasteiger partial charge on any atom is -0.416 e. The van der Waals surface area contributed by atoms with Crippen LogP contribution in [-0.2, 0) is 0 Å². The van der Waals surface area contributed by atoms with Crippen LogP contribution in [0, 0.1) is 13.8 Å². The van der Waals surface area contributed by atoms with Crippen molar-refractivity contribution in [1.82, 2.24) is 15.2 Å². The number of pyridine rings is 1. The maximum Gasteiger partial charge on any atom is 0.256 e. The SMILES string of the molecule is Cc1cccc(-c2nnc(-c3ccc(C(=O)Nc4cc(C)ccn4)cc3)o2)c1. The lowest BCUT2D eigenvalue weighted by Gasteiger charge is -2.05.